The van der Waals surface area contributed by atoms with Crippen LogP contribution in [0.3, 0.4) is 0 Å². The number of hydrogen-bond acceptors (Lipinski definition) is 5. The molecule has 1 aliphatic rings. The van der Waals surface area contributed by atoms with Crippen molar-refractivity contribution in [1.82, 2.24) is 15.3 Å². The van der Waals surface area contributed by atoms with Gasteiger partial charge in [-0.1, -0.05) is 12.1 Å². The minimum absolute atomic E-state index is 0.0565. The Morgan fingerprint density at radius 1 is 1.33 bits per heavy atom. The minimum atomic E-state index is -0.646. The van der Waals surface area contributed by atoms with E-state index in [4.69, 9.17) is 10.00 Å². The van der Waals surface area contributed by atoms with Crippen LogP contribution in [-0.4, -0.2) is 29.1 Å². The van der Waals surface area contributed by atoms with Gasteiger partial charge in [0.25, 0.3) is 11.5 Å². The predicted molar refractivity (Wildman–Crippen MR) is 85.2 cm³/mol. The van der Waals surface area contributed by atoms with Crippen LogP contribution in [0.1, 0.15) is 34.5 Å². The molecule has 1 aromatic heterocycles. The number of aromatic amines is 1. The first kappa shape index (κ1) is 15.9. The summed E-state index contributed by atoms with van der Waals surface area (Å²) in [6, 6.07) is 10.4. The van der Waals surface area contributed by atoms with E-state index in [-0.39, 0.29) is 11.3 Å². The number of aromatic nitrogens is 2. The van der Waals surface area contributed by atoms with Gasteiger partial charge in [0.2, 0.25) is 0 Å². The van der Waals surface area contributed by atoms with Crippen LogP contribution in [0.5, 0.6) is 0 Å². The highest BCUT2D eigenvalue weighted by atomic mass is 16.5. The van der Waals surface area contributed by atoms with Gasteiger partial charge >= 0.3 is 0 Å². The number of amides is 1. The summed E-state index contributed by atoms with van der Waals surface area (Å²) in [7, 11) is 0. The van der Waals surface area contributed by atoms with Gasteiger partial charge in [0, 0.05) is 19.3 Å². The monoisotopic (exact) mass is 324 g/mol. The second kappa shape index (κ2) is 6.64. The molecule has 1 fully saturated rings. The van der Waals surface area contributed by atoms with E-state index in [9.17, 15) is 9.59 Å². The maximum absolute atomic E-state index is 12.6. The van der Waals surface area contributed by atoms with Gasteiger partial charge in [-0.3, -0.25) is 9.59 Å². The zero-order chi connectivity index (χ0) is 17.0. The fraction of sp³-hybridized carbons (Fsp3) is 0.294. The number of nitrogens with zero attached hydrogens (tertiary/aromatic N) is 2. The number of carbonyl (C=O) groups is 1. The number of H-pyrrole nitrogens is 1. The summed E-state index contributed by atoms with van der Waals surface area (Å²) in [5.74, 6) is -0.426. The molecule has 2 heterocycles. The zero-order valence-electron chi connectivity index (χ0n) is 12.9. The lowest BCUT2D eigenvalue weighted by molar-refractivity contribution is 0.0344. The molecule has 122 valence electrons. The third-order valence-corrected chi connectivity index (χ3v) is 4.15. The Kier molecular flexibility index (Phi) is 4.40. The smallest absolute Gasteiger partial charge is 0.270 e. The first-order valence-electron chi connectivity index (χ1n) is 7.59. The van der Waals surface area contributed by atoms with Gasteiger partial charge in [-0.2, -0.15) is 5.26 Å². The first-order chi connectivity index (χ1) is 11.6. The average molecular weight is 324 g/mol. The molecule has 1 aliphatic heterocycles. The molecular weight excluding hydrogens is 308 g/mol. The summed E-state index contributed by atoms with van der Waals surface area (Å²) in [5.41, 5.74) is 0.403. The summed E-state index contributed by atoms with van der Waals surface area (Å²) in [5, 5.41) is 12.1. The predicted octanol–water partition coefficient (Wildman–Crippen LogP) is 1.08. The standard InChI is InChI=1S/C17H16N4O3/c18-10-12-2-1-3-13(8-12)17(4-6-24-7-5-17)21-16(23)14-9-15(22)20-11-19-14/h1-3,8-9,11H,4-7H2,(H,21,23)(H,19,20,22). The third kappa shape index (κ3) is 3.19. The molecular formula is C17H16N4O3. The Morgan fingerprint density at radius 2 is 2.12 bits per heavy atom. The van der Waals surface area contributed by atoms with Crippen molar-refractivity contribution in [3.05, 3.63) is 63.8 Å². The van der Waals surface area contributed by atoms with Crippen molar-refractivity contribution in [3.8, 4) is 6.07 Å². The number of ether oxygens (including phenoxy) is 1. The van der Waals surface area contributed by atoms with Gasteiger partial charge in [-0.15, -0.1) is 0 Å². The number of rotatable bonds is 3. The maximum atomic E-state index is 12.6. The van der Waals surface area contributed by atoms with Crippen LogP contribution in [0.25, 0.3) is 0 Å². The van der Waals surface area contributed by atoms with Gasteiger partial charge in [0.15, 0.2) is 0 Å². The van der Waals surface area contributed by atoms with Crippen molar-refractivity contribution < 1.29 is 9.53 Å². The van der Waals surface area contributed by atoms with Crippen molar-refractivity contribution in [2.45, 2.75) is 18.4 Å². The second-order valence-corrected chi connectivity index (χ2v) is 5.64. The highest BCUT2D eigenvalue weighted by molar-refractivity contribution is 5.92. The van der Waals surface area contributed by atoms with Crippen molar-refractivity contribution in [1.29, 1.82) is 5.26 Å². The van der Waals surface area contributed by atoms with E-state index in [1.807, 2.05) is 6.07 Å². The van der Waals surface area contributed by atoms with E-state index >= 15 is 0 Å². The molecule has 0 saturated carbocycles. The molecule has 1 saturated heterocycles. The second-order valence-electron chi connectivity index (χ2n) is 5.64. The average Bonchev–Trinajstić information content (AvgIpc) is 2.62. The van der Waals surface area contributed by atoms with Gasteiger partial charge in [0.05, 0.1) is 23.5 Å². The number of carbonyl (C=O) groups excluding carboxylic acids is 1. The van der Waals surface area contributed by atoms with Crippen LogP contribution >= 0.6 is 0 Å². The van der Waals surface area contributed by atoms with Crippen LogP contribution in [0.4, 0.5) is 0 Å². The van der Waals surface area contributed by atoms with Crippen LogP contribution in [-0.2, 0) is 10.3 Å². The quantitative estimate of drug-likeness (QED) is 0.878. The Balaban J connectivity index is 1.95. The third-order valence-electron chi connectivity index (χ3n) is 4.15. The van der Waals surface area contributed by atoms with Crippen LogP contribution < -0.4 is 10.9 Å². The molecule has 24 heavy (non-hydrogen) atoms. The molecule has 1 amide bonds. The maximum Gasteiger partial charge on any atom is 0.270 e. The number of hydrogen-bond donors (Lipinski definition) is 2. The van der Waals surface area contributed by atoms with Crippen molar-refractivity contribution in [2.75, 3.05) is 13.2 Å². The number of nitriles is 1. The van der Waals surface area contributed by atoms with E-state index in [0.29, 0.717) is 31.6 Å². The molecule has 1 aromatic carbocycles. The lowest BCUT2D eigenvalue weighted by atomic mass is 9.82. The van der Waals surface area contributed by atoms with E-state index in [2.05, 4.69) is 21.4 Å². The lowest BCUT2D eigenvalue weighted by Gasteiger charge is -2.38. The van der Waals surface area contributed by atoms with Crippen molar-refractivity contribution in [3.63, 3.8) is 0 Å². The van der Waals surface area contributed by atoms with Gasteiger partial charge in [0.1, 0.15) is 5.69 Å². The molecule has 0 bridgehead atoms. The molecule has 2 N–H and O–H groups in total. The van der Waals surface area contributed by atoms with Gasteiger partial charge in [-0.25, -0.2) is 4.98 Å². The minimum Gasteiger partial charge on any atom is -0.381 e. The molecule has 0 unspecified atom stereocenters. The van der Waals surface area contributed by atoms with Gasteiger partial charge < -0.3 is 15.0 Å². The summed E-state index contributed by atoms with van der Waals surface area (Å²) < 4.78 is 5.42. The Morgan fingerprint density at radius 3 is 2.83 bits per heavy atom. The largest absolute Gasteiger partial charge is 0.381 e. The van der Waals surface area contributed by atoms with E-state index in [1.54, 1.807) is 18.2 Å². The lowest BCUT2D eigenvalue weighted by Crippen LogP contribution is -2.49. The van der Waals surface area contributed by atoms with E-state index in [1.165, 1.54) is 6.33 Å². The molecule has 3 rings (SSSR count). The molecule has 0 atom stereocenters. The Hall–Kier alpha value is -2.98. The van der Waals surface area contributed by atoms with Crippen LogP contribution in [0, 0.1) is 11.3 Å². The normalized spacial score (nSPS) is 16.1. The van der Waals surface area contributed by atoms with Crippen LogP contribution in [0.15, 0.2) is 41.5 Å². The summed E-state index contributed by atoms with van der Waals surface area (Å²) in [6.07, 6.45) is 2.36. The molecule has 2 aromatic rings. The van der Waals surface area contributed by atoms with E-state index in [0.717, 1.165) is 11.6 Å². The summed E-state index contributed by atoms with van der Waals surface area (Å²) in [4.78, 5) is 30.3. The van der Waals surface area contributed by atoms with Gasteiger partial charge in [-0.05, 0) is 30.5 Å². The molecule has 0 radical (unpaired) electrons. The number of nitrogens with one attached hydrogen (secondary N) is 2. The fourth-order valence-electron chi connectivity index (χ4n) is 2.87. The summed E-state index contributed by atoms with van der Waals surface area (Å²) >= 11 is 0. The summed E-state index contributed by atoms with van der Waals surface area (Å²) in [6.45, 7) is 1.000. The Labute approximate surface area is 138 Å². The number of benzene rings is 1. The first-order valence-corrected chi connectivity index (χ1v) is 7.59. The SMILES string of the molecule is N#Cc1cccc(C2(NC(=O)c3cc(=O)[nH]cn3)CCOCC2)c1. The molecule has 0 spiro atoms. The van der Waals surface area contributed by atoms with E-state index < -0.39 is 11.4 Å². The molecule has 7 heteroatoms. The molecule has 7 nitrogen and oxygen atoms in total. The Bertz CT molecular complexity index is 847. The van der Waals surface area contributed by atoms with Crippen molar-refractivity contribution in [2.24, 2.45) is 0 Å². The topological polar surface area (TPSA) is 108 Å². The fourth-order valence-corrected chi connectivity index (χ4v) is 2.87. The van der Waals surface area contributed by atoms with Crippen molar-refractivity contribution >= 4 is 5.91 Å². The zero-order valence-corrected chi connectivity index (χ0v) is 12.9. The van der Waals surface area contributed by atoms with Crippen LogP contribution in [0.2, 0.25) is 0 Å². The highest BCUT2D eigenvalue weighted by Gasteiger charge is 2.36. The highest BCUT2D eigenvalue weighted by Crippen LogP contribution is 2.32. The molecule has 0 aliphatic carbocycles.